The molecule has 61 heavy (non-hydrogen) atoms. The summed E-state index contributed by atoms with van der Waals surface area (Å²) in [4.78, 5) is 10.3. The highest BCUT2D eigenvalue weighted by atomic mass is 16.5. The number of hydrogen-bond acceptors (Lipinski definition) is 4. The van der Waals surface area contributed by atoms with Gasteiger partial charge in [-0.25, -0.2) is 4.98 Å². The van der Waals surface area contributed by atoms with E-state index in [0.29, 0.717) is 6.67 Å². The van der Waals surface area contributed by atoms with Crippen molar-refractivity contribution in [2.45, 2.75) is 26.2 Å². The molecule has 5 nitrogen and oxygen atoms in total. The Morgan fingerprint density at radius 3 is 1.82 bits per heavy atom. The van der Waals surface area contributed by atoms with Crippen LogP contribution in [0.1, 0.15) is 26.3 Å². The van der Waals surface area contributed by atoms with E-state index < -0.39 is 0 Å². The van der Waals surface area contributed by atoms with Crippen LogP contribution in [0.2, 0.25) is 0 Å². The molecule has 0 N–H and O–H groups in total. The van der Waals surface area contributed by atoms with Gasteiger partial charge in [0.25, 0.3) is 0 Å². The molecule has 0 saturated heterocycles. The Morgan fingerprint density at radius 1 is 0.459 bits per heavy atom. The minimum absolute atomic E-state index is 0.110. The van der Waals surface area contributed by atoms with E-state index in [1.165, 1.54) is 60.3 Å². The number of benzene rings is 9. The Bertz CT molecular complexity index is 3550. The van der Waals surface area contributed by atoms with Crippen LogP contribution in [0.4, 0.5) is 22.7 Å². The lowest BCUT2D eigenvalue weighted by Crippen LogP contribution is -2.24. The van der Waals surface area contributed by atoms with Crippen molar-refractivity contribution in [3.05, 3.63) is 194 Å². The summed E-state index contributed by atoms with van der Waals surface area (Å²) in [7, 11) is 0. The number of aromatic nitrogens is 2. The summed E-state index contributed by atoms with van der Waals surface area (Å²) in [5.74, 6) is 2.47. The van der Waals surface area contributed by atoms with Crippen LogP contribution < -0.4 is 14.5 Å². The third-order valence-electron chi connectivity index (χ3n) is 12.5. The van der Waals surface area contributed by atoms with Gasteiger partial charge in [0.05, 0.1) is 27.9 Å². The molecule has 1 aliphatic heterocycles. The van der Waals surface area contributed by atoms with E-state index >= 15 is 0 Å². The molecule has 0 radical (unpaired) electrons. The number of ether oxygens (including phenoxy) is 1. The maximum absolute atomic E-state index is 7.00. The van der Waals surface area contributed by atoms with Gasteiger partial charge in [-0.05, 0) is 99.3 Å². The molecule has 0 amide bonds. The first kappa shape index (κ1) is 35.3. The summed E-state index contributed by atoms with van der Waals surface area (Å²) in [5, 5.41) is 10.7. The van der Waals surface area contributed by atoms with Crippen molar-refractivity contribution in [3.63, 3.8) is 0 Å². The molecule has 11 aromatic rings. The van der Waals surface area contributed by atoms with Crippen LogP contribution in [0, 0.1) is 0 Å². The number of rotatable bonds is 5. The largest absolute Gasteiger partial charge is 0.457 e. The Labute approximate surface area is 354 Å². The minimum atomic E-state index is -0.110. The molecule has 3 heterocycles. The van der Waals surface area contributed by atoms with Crippen molar-refractivity contribution in [3.8, 4) is 17.3 Å². The van der Waals surface area contributed by atoms with E-state index in [9.17, 15) is 0 Å². The first-order chi connectivity index (χ1) is 29.9. The predicted octanol–water partition coefficient (Wildman–Crippen LogP) is 15.1. The molecule has 9 aromatic carbocycles. The van der Waals surface area contributed by atoms with Crippen LogP contribution >= 0.6 is 0 Å². The second-order valence-corrected chi connectivity index (χ2v) is 17.2. The molecular weight excluding hydrogens is 745 g/mol. The van der Waals surface area contributed by atoms with Gasteiger partial charge in [-0.1, -0.05) is 130 Å². The molecule has 0 aliphatic carbocycles. The summed E-state index contributed by atoms with van der Waals surface area (Å²) in [6.45, 7) is 7.49. The first-order valence-electron chi connectivity index (χ1n) is 21.1. The second kappa shape index (κ2) is 13.4. The number of fused-ring (bicyclic) bond motifs is 11. The monoisotopic (exact) mass is 786 g/mol. The van der Waals surface area contributed by atoms with Crippen molar-refractivity contribution in [1.82, 2.24) is 9.55 Å². The maximum atomic E-state index is 7.00. The van der Waals surface area contributed by atoms with E-state index in [2.05, 4.69) is 223 Å². The zero-order chi connectivity index (χ0) is 40.8. The standard InChI is InChI=1S/C56H42N4O/c1-56(2,3)38-31-40(59-35-58(39-17-5-4-6-18-39)50-23-13-14-24-51(50)59)33-42(32-38)61-41-27-29-46-45-21-11-12-22-49(45)60(52(46)34-41)55-47-28-25-36-15-7-9-19-43(36)53(47)54-44-20-10-8-16-37(44)26-30-48(54)57-55/h4-34H,35H2,1-3H3. The van der Waals surface area contributed by atoms with Gasteiger partial charge < -0.3 is 14.5 Å². The Balaban J connectivity index is 1.04. The number of pyridine rings is 1. The first-order valence-corrected chi connectivity index (χ1v) is 21.1. The van der Waals surface area contributed by atoms with Crippen LogP contribution in [-0.2, 0) is 5.41 Å². The van der Waals surface area contributed by atoms with Crippen LogP contribution in [0.25, 0.3) is 70.8 Å². The van der Waals surface area contributed by atoms with Gasteiger partial charge in [-0.15, -0.1) is 0 Å². The molecule has 0 bridgehead atoms. The summed E-state index contributed by atoms with van der Waals surface area (Å²) < 4.78 is 9.35. The topological polar surface area (TPSA) is 33.5 Å². The molecule has 0 atom stereocenters. The maximum Gasteiger partial charge on any atom is 0.146 e. The molecule has 12 rings (SSSR count). The van der Waals surface area contributed by atoms with Crippen LogP contribution in [0.15, 0.2) is 188 Å². The third kappa shape index (κ3) is 5.65. The molecular formula is C56H42N4O. The molecule has 2 aromatic heterocycles. The lowest BCUT2D eigenvalue weighted by molar-refractivity contribution is 0.479. The molecule has 0 unspecified atom stereocenters. The fourth-order valence-corrected chi connectivity index (χ4v) is 9.56. The highest BCUT2D eigenvalue weighted by Gasteiger charge is 2.29. The van der Waals surface area contributed by atoms with Crippen molar-refractivity contribution in [2.75, 3.05) is 16.5 Å². The van der Waals surface area contributed by atoms with E-state index in [1.54, 1.807) is 0 Å². The molecule has 0 saturated carbocycles. The predicted molar refractivity (Wildman–Crippen MR) is 256 cm³/mol. The van der Waals surface area contributed by atoms with Crippen molar-refractivity contribution >= 4 is 87.8 Å². The second-order valence-electron chi connectivity index (χ2n) is 17.2. The quantitative estimate of drug-likeness (QED) is 0.163. The third-order valence-corrected chi connectivity index (χ3v) is 12.5. The molecule has 0 spiro atoms. The van der Waals surface area contributed by atoms with Gasteiger partial charge in [-0.2, -0.15) is 0 Å². The summed E-state index contributed by atoms with van der Waals surface area (Å²) >= 11 is 0. The molecule has 292 valence electrons. The number of hydrogen-bond donors (Lipinski definition) is 0. The van der Waals surface area contributed by atoms with E-state index in [1.807, 2.05) is 0 Å². The zero-order valence-electron chi connectivity index (χ0n) is 34.3. The van der Waals surface area contributed by atoms with Gasteiger partial charge in [0.1, 0.15) is 24.0 Å². The van der Waals surface area contributed by atoms with Crippen molar-refractivity contribution in [1.29, 1.82) is 0 Å². The normalized spacial score (nSPS) is 13.0. The van der Waals surface area contributed by atoms with E-state index in [0.717, 1.165) is 50.3 Å². The molecule has 5 heteroatoms. The van der Waals surface area contributed by atoms with E-state index in [-0.39, 0.29) is 5.41 Å². The molecule has 0 fully saturated rings. The number of para-hydroxylation sites is 4. The average Bonchev–Trinajstić information content (AvgIpc) is 3.84. The van der Waals surface area contributed by atoms with Gasteiger partial charge in [0.2, 0.25) is 0 Å². The minimum Gasteiger partial charge on any atom is -0.457 e. The Morgan fingerprint density at radius 2 is 1.07 bits per heavy atom. The summed E-state index contributed by atoms with van der Waals surface area (Å²) in [6, 6.07) is 67.4. The van der Waals surface area contributed by atoms with Crippen molar-refractivity contribution in [2.24, 2.45) is 0 Å². The van der Waals surface area contributed by atoms with E-state index in [4.69, 9.17) is 9.72 Å². The Hall–Kier alpha value is -7.63. The lowest BCUT2D eigenvalue weighted by atomic mass is 9.86. The zero-order valence-corrected chi connectivity index (χ0v) is 34.3. The SMILES string of the molecule is CC(C)(C)c1cc(Oc2ccc3c4ccccc4n(-c4nc5ccc6ccccc6c5c5c4ccc4ccccc45)c3c2)cc(N2CN(c3ccccc3)c3ccccc32)c1. The van der Waals surface area contributed by atoms with Crippen LogP contribution in [0.3, 0.4) is 0 Å². The van der Waals surface area contributed by atoms with Crippen LogP contribution in [-0.4, -0.2) is 16.2 Å². The van der Waals surface area contributed by atoms with Gasteiger partial charge in [0, 0.05) is 50.4 Å². The molecule has 1 aliphatic rings. The highest BCUT2D eigenvalue weighted by molar-refractivity contribution is 6.28. The average molecular weight is 787 g/mol. The van der Waals surface area contributed by atoms with Crippen LogP contribution in [0.5, 0.6) is 11.5 Å². The Kier molecular flexibility index (Phi) is 7.79. The fraction of sp³-hybridized carbons (Fsp3) is 0.0893. The van der Waals surface area contributed by atoms with Gasteiger partial charge in [0.15, 0.2) is 0 Å². The van der Waals surface area contributed by atoms with Crippen molar-refractivity contribution < 1.29 is 4.74 Å². The van der Waals surface area contributed by atoms with Gasteiger partial charge in [-0.3, -0.25) is 4.57 Å². The van der Waals surface area contributed by atoms with Gasteiger partial charge >= 0.3 is 0 Å². The number of anilines is 4. The lowest BCUT2D eigenvalue weighted by Gasteiger charge is -2.26. The summed E-state index contributed by atoms with van der Waals surface area (Å²) in [5.41, 5.74) is 8.83. The smallest absolute Gasteiger partial charge is 0.146 e. The number of nitrogens with zero attached hydrogens (tertiary/aromatic N) is 4. The fourth-order valence-electron chi connectivity index (χ4n) is 9.56. The highest BCUT2D eigenvalue weighted by Crippen LogP contribution is 2.47. The summed E-state index contributed by atoms with van der Waals surface area (Å²) in [6.07, 6.45) is 0.